The molecule has 0 saturated heterocycles. The molecule has 0 spiro atoms. The van der Waals surface area contributed by atoms with Crippen molar-refractivity contribution in [2.75, 3.05) is 47.5 Å². The van der Waals surface area contributed by atoms with Crippen molar-refractivity contribution in [3.05, 3.63) is 97.2 Å². The predicted octanol–water partition coefficient (Wildman–Crippen LogP) is 29.0. The van der Waals surface area contributed by atoms with Crippen molar-refractivity contribution < 1.29 is 42.1 Å². The molecule has 0 radical (unpaired) electrons. The van der Waals surface area contributed by atoms with Crippen LogP contribution in [0.25, 0.3) is 0 Å². The average Bonchev–Trinajstić information content (AvgIpc) is 1.65. The molecule has 0 aromatic heterocycles. The van der Waals surface area contributed by atoms with E-state index in [1.807, 2.05) is 21.1 Å². The topological polar surface area (TPSA) is 108 Å². The van der Waals surface area contributed by atoms with Crippen LogP contribution in [0.3, 0.4) is 0 Å². The molecule has 0 aliphatic heterocycles. The Kier molecular flexibility index (Phi) is 77.6. The number of quaternary nitrogens is 1. The van der Waals surface area contributed by atoms with Gasteiger partial charge in [-0.15, -0.1) is 0 Å². The summed E-state index contributed by atoms with van der Waals surface area (Å²) < 4.78 is 34.9. The first kappa shape index (κ1) is 96.9. The quantitative estimate of drug-likeness (QED) is 0.0211. The Morgan fingerprint density at radius 3 is 0.850 bits per heavy atom. The van der Waals surface area contributed by atoms with E-state index in [2.05, 4.69) is 111 Å². The second-order valence-electron chi connectivity index (χ2n) is 30.2. The molecule has 0 fully saturated rings. The van der Waals surface area contributed by atoms with Gasteiger partial charge in [-0.3, -0.25) is 18.6 Å². The van der Waals surface area contributed by atoms with Crippen molar-refractivity contribution in [1.82, 2.24) is 0 Å². The van der Waals surface area contributed by atoms with Gasteiger partial charge in [0.15, 0.2) is 6.10 Å². The van der Waals surface area contributed by atoms with E-state index in [9.17, 15) is 19.0 Å². The maximum Gasteiger partial charge on any atom is 0.472 e. The van der Waals surface area contributed by atoms with E-state index in [4.69, 9.17) is 18.5 Å². The van der Waals surface area contributed by atoms with Gasteiger partial charge in [0.1, 0.15) is 19.8 Å². The number of esters is 2. The highest BCUT2D eigenvalue weighted by molar-refractivity contribution is 7.47. The lowest BCUT2D eigenvalue weighted by molar-refractivity contribution is -0.870. The van der Waals surface area contributed by atoms with Gasteiger partial charge in [0, 0.05) is 12.8 Å². The molecular weight excluding hydrogens is 1250 g/mol. The number of phosphoric acid groups is 1. The number of rotatable bonds is 80. The Bertz CT molecular complexity index is 2010. The number of hydrogen-bond acceptors (Lipinski definition) is 7. The van der Waals surface area contributed by atoms with Crippen molar-refractivity contribution >= 4 is 19.8 Å². The molecule has 0 aliphatic carbocycles. The lowest BCUT2D eigenvalue weighted by atomic mass is 10.0. The maximum atomic E-state index is 12.9. The van der Waals surface area contributed by atoms with Gasteiger partial charge in [0.05, 0.1) is 27.7 Å². The smallest absolute Gasteiger partial charge is 0.462 e. The van der Waals surface area contributed by atoms with Crippen LogP contribution in [0.1, 0.15) is 412 Å². The largest absolute Gasteiger partial charge is 0.472 e. The van der Waals surface area contributed by atoms with Crippen LogP contribution >= 0.6 is 7.82 Å². The van der Waals surface area contributed by atoms with Crippen molar-refractivity contribution in [1.29, 1.82) is 0 Å². The molecule has 582 valence electrons. The average molecular weight is 1420 g/mol. The number of likely N-dealkylation sites (N-methyl/N-ethyl adjacent to an activating group) is 1. The summed E-state index contributed by atoms with van der Waals surface area (Å²) in [4.78, 5) is 36.0. The molecule has 0 heterocycles. The molecule has 10 heteroatoms. The molecule has 0 amide bonds. The third kappa shape index (κ3) is 83.9. The van der Waals surface area contributed by atoms with E-state index in [0.29, 0.717) is 23.9 Å². The third-order valence-electron chi connectivity index (χ3n) is 19.1. The van der Waals surface area contributed by atoms with Crippen molar-refractivity contribution in [3.63, 3.8) is 0 Å². The van der Waals surface area contributed by atoms with Crippen molar-refractivity contribution in [3.8, 4) is 0 Å². The summed E-state index contributed by atoms with van der Waals surface area (Å²) in [6.07, 6.45) is 113. The van der Waals surface area contributed by atoms with Crippen molar-refractivity contribution in [2.45, 2.75) is 418 Å². The van der Waals surface area contributed by atoms with Gasteiger partial charge >= 0.3 is 19.8 Å². The van der Waals surface area contributed by atoms with Gasteiger partial charge in [-0.05, 0) is 96.3 Å². The molecule has 0 aromatic rings. The minimum absolute atomic E-state index is 0.0323. The second kappa shape index (κ2) is 80.0. The summed E-state index contributed by atoms with van der Waals surface area (Å²) in [5, 5.41) is 0. The fraction of sp³-hybridized carbons (Fsp3) is 0.800. The molecule has 0 bridgehead atoms. The summed E-state index contributed by atoms with van der Waals surface area (Å²) in [6, 6.07) is 0. The van der Waals surface area contributed by atoms with E-state index in [0.717, 1.165) is 77.0 Å². The SMILES string of the molecule is CC/C=C\C/C=C\C/C=C\C/C=C\C/C=C\CCCCCCCCCCCCCCCCCCCCCC(=O)OC(COC(=O)CCCCCCCCCCCCCCCCCCCCCCCCCCCC/C=C\C/C=C\C/C=C\CCCCCCC)COP(=O)(O)OCC[N+](C)(C)C. The van der Waals surface area contributed by atoms with Gasteiger partial charge in [0.25, 0.3) is 0 Å². The maximum absolute atomic E-state index is 12.9. The fourth-order valence-corrected chi connectivity index (χ4v) is 13.3. The Balaban J connectivity index is 3.88. The molecule has 9 nitrogen and oxygen atoms in total. The van der Waals surface area contributed by atoms with E-state index < -0.39 is 26.5 Å². The van der Waals surface area contributed by atoms with Crippen LogP contribution in [0.15, 0.2) is 97.2 Å². The zero-order valence-electron chi connectivity index (χ0n) is 66.7. The fourth-order valence-electron chi connectivity index (χ4n) is 12.6. The predicted molar refractivity (Wildman–Crippen MR) is 436 cm³/mol. The number of ether oxygens (including phenoxy) is 2. The number of carbonyl (C=O) groups is 2. The zero-order chi connectivity index (χ0) is 72.5. The molecule has 100 heavy (non-hydrogen) atoms. The zero-order valence-corrected chi connectivity index (χ0v) is 67.6. The van der Waals surface area contributed by atoms with E-state index in [1.54, 1.807) is 0 Å². The summed E-state index contributed by atoms with van der Waals surface area (Å²) in [7, 11) is 1.49. The summed E-state index contributed by atoms with van der Waals surface area (Å²) >= 11 is 0. The van der Waals surface area contributed by atoms with Crippen LogP contribution in [0, 0.1) is 0 Å². The third-order valence-corrected chi connectivity index (χ3v) is 20.1. The Morgan fingerprint density at radius 2 is 0.570 bits per heavy atom. The Morgan fingerprint density at radius 1 is 0.320 bits per heavy atom. The van der Waals surface area contributed by atoms with E-state index in [-0.39, 0.29) is 25.6 Å². The molecular formula is C90H165NO8P+. The Labute approximate surface area is 621 Å². The lowest BCUT2D eigenvalue weighted by Crippen LogP contribution is -2.37. The van der Waals surface area contributed by atoms with Crippen LogP contribution < -0.4 is 0 Å². The van der Waals surface area contributed by atoms with Gasteiger partial charge < -0.3 is 18.9 Å². The standard InChI is InChI=1S/C90H164NO8P/c1-6-8-10-12-14-16-18-20-22-24-26-28-30-32-34-36-38-40-42-43-44-45-46-47-49-50-52-54-56-58-60-62-64-66-68-70-72-74-76-78-80-82-89(92)96-86-88(87-98-100(94,95)97-85-84-91(3,4)5)99-90(93)83-81-79-77-75-73-71-69-67-65-63-61-59-57-55-53-51-48-41-39-37-35-33-31-29-27-25-23-21-19-17-15-13-11-9-7-2/h9,11,15,17-18,20-21,23-24,26-27,29-30,32-33,35,88H,6-8,10,12-14,16,19,22,25,28,31,34,36-87H2,1-5H3/p+1/b11-9-,17-15-,20-18-,23-21-,26-24-,29-27-,32-30-,35-33-. The number of carbonyl (C=O) groups excluding carboxylic acids is 2. The lowest BCUT2D eigenvalue weighted by Gasteiger charge is -2.24. The summed E-state index contributed by atoms with van der Waals surface area (Å²) in [5.74, 6) is -0.777. The van der Waals surface area contributed by atoms with Crippen LogP contribution in [-0.2, 0) is 32.7 Å². The van der Waals surface area contributed by atoms with Crippen molar-refractivity contribution in [2.24, 2.45) is 0 Å². The molecule has 2 atom stereocenters. The van der Waals surface area contributed by atoms with Crippen LogP contribution in [0.4, 0.5) is 0 Å². The second-order valence-corrected chi connectivity index (χ2v) is 31.6. The number of unbranched alkanes of at least 4 members (excludes halogenated alkanes) is 50. The van der Waals surface area contributed by atoms with Crippen LogP contribution in [0.5, 0.6) is 0 Å². The van der Waals surface area contributed by atoms with Gasteiger partial charge in [-0.1, -0.05) is 400 Å². The molecule has 0 aromatic carbocycles. The van der Waals surface area contributed by atoms with E-state index >= 15 is 0 Å². The highest BCUT2D eigenvalue weighted by Gasteiger charge is 2.27. The molecule has 0 aliphatic rings. The van der Waals surface area contributed by atoms with E-state index in [1.165, 1.54) is 302 Å². The highest BCUT2D eigenvalue weighted by atomic mass is 31.2. The van der Waals surface area contributed by atoms with Gasteiger partial charge in [0.2, 0.25) is 0 Å². The molecule has 0 rings (SSSR count). The monoisotopic (exact) mass is 1420 g/mol. The van der Waals surface area contributed by atoms with Gasteiger partial charge in [-0.25, -0.2) is 4.57 Å². The molecule has 2 unspecified atom stereocenters. The van der Waals surface area contributed by atoms with Gasteiger partial charge in [-0.2, -0.15) is 0 Å². The normalized spacial score (nSPS) is 13.5. The Hall–Kier alpha value is -3.07. The number of nitrogens with zero attached hydrogens (tertiary/aromatic N) is 1. The first-order valence-electron chi connectivity index (χ1n) is 43.0. The number of phosphoric ester groups is 1. The minimum Gasteiger partial charge on any atom is -0.462 e. The number of allylic oxidation sites excluding steroid dienone is 16. The first-order chi connectivity index (χ1) is 49.0. The summed E-state index contributed by atoms with van der Waals surface area (Å²) in [5.41, 5.74) is 0. The van der Waals surface area contributed by atoms with Crippen LogP contribution in [-0.4, -0.2) is 74.9 Å². The summed E-state index contributed by atoms with van der Waals surface area (Å²) in [6.45, 7) is 4.37. The number of hydrogen-bond donors (Lipinski definition) is 1. The molecule has 0 saturated carbocycles. The van der Waals surface area contributed by atoms with Crippen LogP contribution in [0.2, 0.25) is 0 Å². The highest BCUT2D eigenvalue weighted by Crippen LogP contribution is 2.43. The molecule has 1 N–H and O–H groups in total. The first-order valence-corrected chi connectivity index (χ1v) is 44.5. The minimum atomic E-state index is -4.40.